The van der Waals surface area contributed by atoms with Gasteiger partial charge in [0.2, 0.25) is 10.0 Å². The molecule has 1 unspecified atom stereocenters. The summed E-state index contributed by atoms with van der Waals surface area (Å²) in [5.74, 6) is -0.943. The standard InChI is InChI=1S/C18H17ClN2O4S/c1-3-16(11-4-6-12(19)7-5-11)20-26(24,25)13-8-9-14-15(10-13)18(23)21(2)17(14)22/h4-10,16,20H,3H2,1-2H3. The predicted octanol–water partition coefficient (Wildman–Crippen LogP) is 3.00. The molecule has 1 aliphatic rings. The Balaban J connectivity index is 1.92. The van der Waals surface area contributed by atoms with Gasteiger partial charge in [0, 0.05) is 18.1 Å². The first-order valence-electron chi connectivity index (χ1n) is 7.99. The second-order valence-corrected chi connectivity index (χ2v) is 8.16. The molecular weight excluding hydrogens is 376 g/mol. The summed E-state index contributed by atoms with van der Waals surface area (Å²) in [5.41, 5.74) is 1.09. The van der Waals surface area contributed by atoms with Crippen molar-refractivity contribution in [1.82, 2.24) is 9.62 Å². The van der Waals surface area contributed by atoms with Crippen LogP contribution in [0.1, 0.15) is 45.7 Å². The zero-order valence-corrected chi connectivity index (χ0v) is 15.8. The highest BCUT2D eigenvalue weighted by Gasteiger charge is 2.34. The molecule has 2 amide bonds. The second kappa shape index (κ2) is 6.83. The monoisotopic (exact) mass is 392 g/mol. The molecule has 0 saturated carbocycles. The van der Waals surface area contributed by atoms with Crippen molar-refractivity contribution >= 4 is 33.4 Å². The Morgan fingerprint density at radius 3 is 2.27 bits per heavy atom. The molecule has 1 aliphatic heterocycles. The minimum atomic E-state index is -3.87. The smallest absolute Gasteiger partial charge is 0.261 e. The van der Waals surface area contributed by atoms with Crippen molar-refractivity contribution in [2.75, 3.05) is 7.05 Å². The van der Waals surface area contributed by atoms with Crippen molar-refractivity contribution in [3.8, 4) is 0 Å². The number of halogens is 1. The van der Waals surface area contributed by atoms with Gasteiger partial charge in [0.15, 0.2) is 0 Å². The van der Waals surface area contributed by atoms with E-state index in [1.54, 1.807) is 24.3 Å². The van der Waals surface area contributed by atoms with Crippen molar-refractivity contribution in [2.45, 2.75) is 24.3 Å². The Kier molecular flexibility index (Phi) is 4.88. The van der Waals surface area contributed by atoms with E-state index in [1.807, 2.05) is 6.92 Å². The van der Waals surface area contributed by atoms with Crippen molar-refractivity contribution in [2.24, 2.45) is 0 Å². The minimum absolute atomic E-state index is 0.0555. The summed E-state index contributed by atoms with van der Waals surface area (Å²) in [4.78, 5) is 24.9. The van der Waals surface area contributed by atoms with Crippen LogP contribution >= 0.6 is 11.6 Å². The Morgan fingerprint density at radius 2 is 1.65 bits per heavy atom. The molecule has 136 valence electrons. The van der Waals surface area contributed by atoms with Gasteiger partial charge >= 0.3 is 0 Å². The number of hydrogen-bond donors (Lipinski definition) is 1. The average Bonchev–Trinajstić information content (AvgIpc) is 2.84. The van der Waals surface area contributed by atoms with Crippen LogP contribution < -0.4 is 4.72 Å². The lowest BCUT2D eigenvalue weighted by molar-refractivity contribution is 0.0693. The number of carbonyl (C=O) groups excluding carboxylic acids is 2. The fourth-order valence-corrected chi connectivity index (χ4v) is 4.30. The molecule has 0 radical (unpaired) electrons. The topological polar surface area (TPSA) is 83.6 Å². The second-order valence-electron chi connectivity index (χ2n) is 6.01. The van der Waals surface area contributed by atoms with Crippen molar-refractivity contribution in [1.29, 1.82) is 0 Å². The number of carbonyl (C=O) groups is 2. The van der Waals surface area contributed by atoms with Gasteiger partial charge in [-0.1, -0.05) is 30.7 Å². The number of nitrogens with zero attached hydrogens (tertiary/aromatic N) is 1. The first-order chi connectivity index (χ1) is 12.2. The fourth-order valence-electron chi connectivity index (χ4n) is 2.85. The molecule has 0 spiro atoms. The van der Waals surface area contributed by atoms with E-state index >= 15 is 0 Å². The van der Waals surface area contributed by atoms with Gasteiger partial charge in [-0.2, -0.15) is 0 Å². The Morgan fingerprint density at radius 1 is 1.04 bits per heavy atom. The van der Waals surface area contributed by atoms with Gasteiger partial charge in [0.25, 0.3) is 11.8 Å². The highest BCUT2D eigenvalue weighted by atomic mass is 35.5. The summed E-state index contributed by atoms with van der Waals surface area (Å²) in [5, 5.41) is 0.567. The Hall–Kier alpha value is -2.22. The first kappa shape index (κ1) is 18.6. The summed E-state index contributed by atoms with van der Waals surface area (Å²) in [6.07, 6.45) is 0.534. The van der Waals surface area contributed by atoms with Gasteiger partial charge in [-0.15, -0.1) is 0 Å². The molecule has 0 fully saturated rings. The SMILES string of the molecule is CCC(NS(=O)(=O)c1ccc2c(c1)C(=O)N(C)C2=O)c1ccc(Cl)cc1. The third-order valence-electron chi connectivity index (χ3n) is 4.35. The third kappa shape index (κ3) is 3.25. The maximum atomic E-state index is 12.8. The number of hydrogen-bond acceptors (Lipinski definition) is 4. The lowest BCUT2D eigenvalue weighted by Gasteiger charge is -2.18. The van der Waals surface area contributed by atoms with Crippen LogP contribution in [0.5, 0.6) is 0 Å². The van der Waals surface area contributed by atoms with Crippen LogP contribution in [0.25, 0.3) is 0 Å². The number of nitrogens with one attached hydrogen (secondary N) is 1. The largest absolute Gasteiger partial charge is 0.277 e. The number of amides is 2. The fraction of sp³-hybridized carbons (Fsp3) is 0.222. The highest BCUT2D eigenvalue weighted by Crippen LogP contribution is 2.26. The number of fused-ring (bicyclic) bond motifs is 1. The summed E-state index contributed by atoms with van der Waals surface area (Å²) in [7, 11) is -2.51. The van der Waals surface area contributed by atoms with Crippen LogP contribution in [0.3, 0.4) is 0 Å². The zero-order chi connectivity index (χ0) is 19.1. The van der Waals surface area contributed by atoms with Crippen LogP contribution in [-0.2, 0) is 10.0 Å². The van der Waals surface area contributed by atoms with Gasteiger partial charge < -0.3 is 0 Å². The lowest BCUT2D eigenvalue weighted by atomic mass is 10.1. The van der Waals surface area contributed by atoms with Gasteiger partial charge in [-0.25, -0.2) is 13.1 Å². The van der Waals surface area contributed by atoms with Crippen LogP contribution in [0.15, 0.2) is 47.4 Å². The maximum absolute atomic E-state index is 12.8. The summed E-state index contributed by atoms with van der Waals surface area (Å²) < 4.78 is 28.2. The van der Waals surface area contributed by atoms with Crippen LogP contribution in [0.2, 0.25) is 5.02 Å². The predicted molar refractivity (Wildman–Crippen MR) is 97.7 cm³/mol. The van der Waals surface area contributed by atoms with Crippen LogP contribution in [0, 0.1) is 0 Å². The maximum Gasteiger partial charge on any atom is 0.261 e. The summed E-state index contributed by atoms with van der Waals surface area (Å²) in [6, 6.07) is 10.4. The highest BCUT2D eigenvalue weighted by molar-refractivity contribution is 7.89. The molecule has 8 heteroatoms. The van der Waals surface area contributed by atoms with Gasteiger partial charge in [0.1, 0.15) is 0 Å². The van der Waals surface area contributed by atoms with E-state index < -0.39 is 27.9 Å². The molecule has 6 nitrogen and oxygen atoms in total. The third-order valence-corrected chi connectivity index (χ3v) is 6.07. The lowest BCUT2D eigenvalue weighted by Crippen LogP contribution is -2.28. The van der Waals surface area contributed by atoms with Gasteiger partial charge in [-0.05, 0) is 42.3 Å². The van der Waals surface area contributed by atoms with E-state index in [0.717, 1.165) is 10.5 Å². The van der Waals surface area contributed by atoms with Crippen LogP contribution in [-0.4, -0.2) is 32.2 Å². The molecule has 0 aliphatic carbocycles. The number of imide groups is 1. The van der Waals surface area contributed by atoms with E-state index in [-0.39, 0.29) is 16.0 Å². The quantitative estimate of drug-likeness (QED) is 0.793. The van der Waals surface area contributed by atoms with E-state index in [4.69, 9.17) is 11.6 Å². The molecule has 3 rings (SSSR count). The molecule has 1 N–H and O–H groups in total. The minimum Gasteiger partial charge on any atom is -0.277 e. The number of benzene rings is 2. The number of sulfonamides is 1. The molecule has 0 aromatic heterocycles. The van der Waals surface area contributed by atoms with Crippen LogP contribution in [0.4, 0.5) is 0 Å². The molecular formula is C18H17ClN2O4S. The molecule has 1 atom stereocenters. The zero-order valence-electron chi connectivity index (χ0n) is 14.2. The number of rotatable bonds is 5. The summed E-state index contributed by atoms with van der Waals surface area (Å²) >= 11 is 5.88. The van der Waals surface area contributed by atoms with E-state index in [0.29, 0.717) is 11.4 Å². The van der Waals surface area contributed by atoms with Crippen molar-refractivity contribution in [3.63, 3.8) is 0 Å². The summed E-state index contributed by atoms with van der Waals surface area (Å²) in [6.45, 7) is 1.86. The average molecular weight is 393 g/mol. The normalized spacial score (nSPS) is 15.3. The molecule has 1 heterocycles. The van der Waals surface area contributed by atoms with E-state index in [9.17, 15) is 18.0 Å². The first-order valence-corrected chi connectivity index (χ1v) is 9.85. The molecule has 0 bridgehead atoms. The van der Waals surface area contributed by atoms with E-state index in [2.05, 4.69) is 4.72 Å². The molecule has 2 aromatic carbocycles. The molecule has 26 heavy (non-hydrogen) atoms. The molecule has 0 saturated heterocycles. The van der Waals surface area contributed by atoms with Gasteiger partial charge in [-0.3, -0.25) is 14.5 Å². The van der Waals surface area contributed by atoms with Gasteiger partial charge in [0.05, 0.1) is 16.0 Å². The Bertz CT molecular complexity index is 987. The van der Waals surface area contributed by atoms with Crippen molar-refractivity contribution < 1.29 is 18.0 Å². The van der Waals surface area contributed by atoms with Crippen molar-refractivity contribution in [3.05, 3.63) is 64.2 Å². The Labute approximate surface area is 156 Å². The van der Waals surface area contributed by atoms with E-state index in [1.165, 1.54) is 25.2 Å². The molecule has 2 aromatic rings.